The Morgan fingerprint density at radius 2 is 2.09 bits per heavy atom. The van der Waals surface area contributed by atoms with Crippen LogP contribution in [-0.4, -0.2) is 63.9 Å². The minimum absolute atomic E-state index is 0.0867. The van der Waals surface area contributed by atoms with E-state index in [2.05, 4.69) is 22.2 Å². The highest BCUT2D eigenvalue weighted by Gasteiger charge is 2.25. The molecule has 0 saturated carbocycles. The molecule has 6 nitrogen and oxygen atoms in total. The van der Waals surface area contributed by atoms with Crippen LogP contribution < -0.4 is 15.0 Å². The molecule has 2 heterocycles. The van der Waals surface area contributed by atoms with Crippen LogP contribution in [0.25, 0.3) is 0 Å². The van der Waals surface area contributed by atoms with E-state index in [4.69, 9.17) is 9.47 Å². The second-order valence-corrected chi connectivity index (χ2v) is 6.17. The fourth-order valence-electron chi connectivity index (χ4n) is 3.05. The number of carbonyl (C=O) groups excluding carboxylic acids is 1. The standard InChI is InChI=1S/C17H25N3O3/c1-19-7-9-20(10-8-19)13-5-6-15(22-2)14(12-13)18-17(21)16-4-3-11-23-16/h5-6,12,16H,3-4,7-11H2,1-2H3,(H,18,21). The molecular formula is C17H25N3O3. The van der Waals surface area contributed by atoms with Gasteiger partial charge >= 0.3 is 0 Å². The third-order valence-corrected chi connectivity index (χ3v) is 4.53. The van der Waals surface area contributed by atoms with Crippen molar-refractivity contribution in [2.24, 2.45) is 0 Å². The van der Waals surface area contributed by atoms with Crippen LogP contribution >= 0.6 is 0 Å². The highest BCUT2D eigenvalue weighted by molar-refractivity contribution is 5.96. The van der Waals surface area contributed by atoms with Crippen LogP contribution in [0.2, 0.25) is 0 Å². The molecule has 0 spiro atoms. The molecule has 0 aliphatic carbocycles. The molecule has 2 fully saturated rings. The van der Waals surface area contributed by atoms with Crippen molar-refractivity contribution in [2.45, 2.75) is 18.9 Å². The summed E-state index contributed by atoms with van der Waals surface area (Å²) in [5, 5.41) is 2.97. The van der Waals surface area contributed by atoms with Gasteiger partial charge in [0.2, 0.25) is 0 Å². The van der Waals surface area contributed by atoms with Crippen LogP contribution in [0, 0.1) is 0 Å². The van der Waals surface area contributed by atoms with E-state index in [1.807, 2.05) is 18.2 Å². The lowest BCUT2D eigenvalue weighted by Crippen LogP contribution is -2.44. The van der Waals surface area contributed by atoms with Crippen molar-refractivity contribution in [1.82, 2.24) is 4.90 Å². The number of methoxy groups -OCH3 is 1. The Balaban J connectivity index is 1.74. The van der Waals surface area contributed by atoms with Crippen LogP contribution in [0.3, 0.4) is 0 Å². The van der Waals surface area contributed by atoms with E-state index in [-0.39, 0.29) is 12.0 Å². The average molecular weight is 319 g/mol. The molecule has 1 aromatic rings. The number of hydrogen-bond acceptors (Lipinski definition) is 5. The molecule has 1 aromatic carbocycles. The lowest BCUT2D eigenvalue weighted by Gasteiger charge is -2.34. The molecular weight excluding hydrogens is 294 g/mol. The molecule has 1 N–H and O–H groups in total. The summed E-state index contributed by atoms with van der Waals surface area (Å²) in [6, 6.07) is 5.96. The number of benzene rings is 1. The minimum atomic E-state index is -0.341. The number of nitrogens with zero attached hydrogens (tertiary/aromatic N) is 2. The van der Waals surface area contributed by atoms with Gasteiger partial charge in [-0.15, -0.1) is 0 Å². The van der Waals surface area contributed by atoms with Crippen molar-refractivity contribution >= 4 is 17.3 Å². The smallest absolute Gasteiger partial charge is 0.253 e. The second-order valence-electron chi connectivity index (χ2n) is 6.17. The summed E-state index contributed by atoms with van der Waals surface area (Å²) in [5.74, 6) is 0.588. The van der Waals surface area contributed by atoms with Gasteiger partial charge in [0.05, 0.1) is 12.8 Å². The number of likely N-dealkylation sites (N-methyl/N-ethyl adjacent to an activating group) is 1. The largest absolute Gasteiger partial charge is 0.495 e. The van der Waals surface area contributed by atoms with Gasteiger partial charge in [0.1, 0.15) is 11.9 Å². The van der Waals surface area contributed by atoms with Crippen molar-refractivity contribution in [3.8, 4) is 5.75 Å². The Hall–Kier alpha value is -1.79. The van der Waals surface area contributed by atoms with Gasteiger partial charge in [0, 0.05) is 38.5 Å². The third kappa shape index (κ3) is 3.76. The highest BCUT2D eigenvalue weighted by atomic mass is 16.5. The first-order valence-corrected chi connectivity index (χ1v) is 8.21. The summed E-state index contributed by atoms with van der Waals surface area (Å²) >= 11 is 0. The molecule has 2 saturated heterocycles. The van der Waals surface area contributed by atoms with E-state index in [1.165, 1.54) is 0 Å². The lowest BCUT2D eigenvalue weighted by atomic mass is 10.2. The first-order chi connectivity index (χ1) is 11.2. The summed E-state index contributed by atoms with van der Waals surface area (Å²) in [4.78, 5) is 17.0. The van der Waals surface area contributed by atoms with Crippen LogP contribution in [0.4, 0.5) is 11.4 Å². The van der Waals surface area contributed by atoms with E-state index < -0.39 is 0 Å². The van der Waals surface area contributed by atoms with E-state index >= 15 is 0 Å². The number of anilines is 2. The van der Waals surface area contributed by atoms with Crippen molar-refractivity contribution in [1.29, 1.82) is 0 Å². The molecule has 0 bridgehead atoms. The topological polar surface area (TPSA) is 54.0 Å². The molecule has 1 unspecified atom stereocenters. The van der Waals surface area contributed by atoms with Crippen LogP contribution in [-0.2, 0) is 9.53 Å². The van der Waals surface area contributed by atoms with Gasteiger partial charge in [-0.25, -0.2) is 0 Å². The molecule has 0 radical (unpaired) electrons. The Bertz CT molecular complexity index is 550. The van der Waals surface area contributed by atoms with Crippen molar-refractivity contribution < 1.29 is 14.3 Å². The van der Waals surface area contributed by atoms with Crippen LogP contribution in [0.1, 0.15) is 12.8 Å². The molecule has 1 amide bonds. The summed E-state index contributed by atoms with van der Waals surface area (Å²) in [6.45, 7) is 4.73. The zero-order valence-corrected chi connectivity index (χ0v) is 13.9. The maximum atomic E-state index is 12.3. The lowest BCUT2D eigenvalue weighted by molar-refractivity contribution is -0.124. The highest BCUT2D eigenvalue weighted by Crippen LogP contribution is 2.30. The monoisotopic (exact) mass is 319 g/mol. The van der Waals surface area contributed by atoms with Gasteiger partial charge in [-0.1, -0.05) is 0 Å². The van der Waals surface area contributed by atoms with Crippen LogP contribution in [0.15, 0.2) is 18.2 Å². The zero-order valence-electron chi connectivity index (χ0n) is 13.9. The maximum Gasteiger partial charge on any atom is 0.253 e. The number of rotatable bonds is 4. The predicted molar refractivity (Wildman–Crippen MR) is 90.3 cm³/mol. The molecule has 0 aromatic heterocycles. The van der Waals surface area contributed by atoms with Gasteiger partial charge < -0.3 is 24.6 Å². The van der Waals surface area contributed by atoms with Gasteiger partial charge in [0.25, 0.3) is 5.91 Å². The third-order valence-electron chi connectivity index (χ3n) is 4.53. The fraction of sp³-hybridized carbons (Fsp3) is 0.588. The van der Waals surface area contributed by atoms with Gasteiger partial charge in [0.15, 0.2) is 0 Å². The Morgan fingerprint density at radius 3 is 2.74 bits per heavy atom. The fourth-order valence-corrected chi connectivity index (χ4v) is 3.05. The van der Waals surface area contributed by atoms with Gasteiger partial charge in [-0.2, -0.15) is 0 Å². The first-order valence-electron chi connectivity index (χ1n) is 8.21. The van der Waals surface area contributed by atoms with E-state index in [0.717, 1.165) is 44.7 Å². The normalized spacial score (nSPS) is 22.2. The summed E-state index contributed by atoms with van der Waals surface area (Å²) in [5.41, 5.74) is 1.82. The second kappa shape index (κ2) is 7.19. The molecule has 23 heavy (non-hydrogen) atoms. The van der Waals surface area contributed by atoms with Crippen molar-refractivity contribution in [2.75, 3.05) is 57.2 Å². The van der Waals surface area contributed by atoms with E-state index in [0.29, 0.717) is 18.0 Å². The van der Waals surface area contributed by atoms with E-state index in [1.54, 1.807) is 7.11 Å². The first kappa shape index (κ1) is 16.1. The number of piperazine rings is 1. The number of amides is 1. The maximum absolute atomic E-state index is 12.3. The van der Waals surface area contributed by atoms with Crippen molar-refractivity contribution in [3.05, 3.63) is 18.2 Å². The minimum Gasteiger partial charge on any atom is -0.495 e. The Kier molecular flexibility index (Phi) is 5.03. The number of hydrogen-bond donors (Lipinski definition) is 1. The van der Waals surface area contributed by atoms with Gasteiger partial charge in [-0.05, 0) is 38.1 Å². The predicted octanol–water partition coefficient (Wildman–Crippen LogP) is 1.56. The number of carbonyl (C=O) groups is 1. The average Bonchev–Trinajstić information content (AvgIpc) is 3.10. The molecule has 126 valence electrons. The summed E-state index contributed by atoms with van der Waals surface area (Å²) < 4.78 is 10.8. The number of nitrogens with one attached hydrogen (secondary N) is 1. The van der Waals surface area contributed by atoms with Crippen LogP contribution in [0.5, 0.6) is 5.75 Å². The quantitative estimate of drug-likeness (QED) is 0.913. The zero-order chi connectivity index (χ0) is 16.2. The number of ether oxygens (including phenoxy) is 2. The molecule has 6 heteroatoms. The summed E-state index contributed by atoms with van der Waals surface area (Å²) in [6.07, 6.45) is 1.38. The summed E-state index contributed by atoms with van der Waals surface area (Å²) in [7, 11) is 3.76. The molecule has 1 atom stereocenters. The molecule has 2 aliphatic rings. The van der Waals surface area contributed by atoms with Crippen molar-refractivity contribution in [3.63, 3.8) is 0 Å². The van der Waals surface area contributed by atoms with E-state index in [9.17, 15) is 4.79 Å². The molecule has 2 aliphatic heterocycles. The Labute approximate surface area is 137 Å². The Morgan fingerprint density at radius 1 is 1.30 bits per heavy atom. The van der Waals surface area contributed by atoms with Gasteiger partial charge in [-0.3, -0.25) is 4.79 Å². The molecule has 3 rings (SSSR count). The SMILES string of the molecule is COc1ccc(N2CCN(C)CC2)cc1NC(=O)C1CCCO1.